The summed E-state index contributed by atoms with van der Waals surface area (Å²) in [5.41, 5.74) is 0. The zero-order valence-corrected chi connectivity index (χ0v) is 9.06. The lowest BCUT2D eigenvalue weighted by molar-refractivity contribution is -0.139. The number of hydrogen-bond donors (Lipinski definition) is 2. The summed E-state index contributed by atoms with van der Waals surface area (Å²) >= 11 is 0. The van der Waals surface area contributed by atoms with E-state index in [0.29, 0.717) is 19.8 Å². The molecule has 88 valence electrons. The first kappa shape index (κ1) is 12.4. The molecule has 0 spiro atoms. The summed E-state index contributed by atoms with van der Waals surface area (Å²) in [6.07, 6.45) is -0.228. The number of carbonyl (C=O) groups is 1. The molecule has 1 atom stereocenters. The number of aliphatic carboxylic acids is 1. The van der Waals surface area contributed by atoms with Crippen LogP contribution in [0.1, 0.15) is 13.3 Å². The number of ether oxygens (including phenoxy) is 1. The van der Waals surface area contributed by atoms with Gasteiger partial charge in [0.2, 0.25) is 0 Å². The molecule has 0 aromatic heterocycles. The van der Waals surface area contributed by atoms with Crippen LogP contribution in [-0.4, -0.2) is 60.0 Å². The van der Waals surface area contributed by atoms with E-state index in [1.54, 1.807) is 0 Å². The van der Waals surface area contributed by atoms with Crippen molar-refractivity contribution in [3.8, 4) is 0 Å². The maximum absolute atomic E-state index is 10.4. The van der Waals surface area contributed by atoms with E-state index in [9.17, 15) is 9.90 Å². The molecule has 1 rings (SSSR count). The largest absolute Gasteiger partial charge is 0.481 e. The summed E-state index contributed by atoms with van der Waals surface area (Å²) in [4.78, 5) is 12.4. The average Bonchev–Trinajstić information content (AvgIpc) is 2.10. The average molecular weight is 217 g/mol. The van der Waals surface area contributed by atoms with E-state index in [0.717, 1.165) is 13.1 Å². The van der Waals surface area contributed by atoms with Gasteiger partial charge in [-0.05, 0) is 12.8 Å². The third-order valence-corrected chi connectivity index (χ3v) is 2.48. The highest BCUT2D eigenvalue weighted by molar-refractivity contribution is 5.67. The number of aliphatic hydroxyl groups is 1. The Bertz CT molecular complexity index is 204. The maximum atomic E-state index is 10.4. The predicted octanol–water partition coefficient (Wildman–Crippen LogP) is -0.210. The summed E-state index contributed by atoms with van der Waals surface area (Å²) in [6.45, 7) is 4.98. The Kier molecular flexibility index (Phi) is 5.01. The number of β-amino-alcohol motifs (C(OH)–C–C–N with tert-alkyl or cyclic N) is 1. The first-order chi connectivity index (χ1) is 7.11. The fourth-order valence-electron chi connectivity index (χ4n) is 1.81. The minimum absolute atomic E-state index is 0.234. The van der Waals surface area contributed by atoms with Crippen LogP contribution in [0.3, 0.4) is 0 Å². The van der Waals surface area contributed by atoms with Gasteiger partial charge in [-0.2, -0.15) is 0 Å². The Hall–Kier alpha value is -0.650. The standard InChI is InChI=1S/C10H19NO4/c1-2-15-7-9(12)6-11-4-8(5-11)3-10(13)14/h8-9,12H,2-7H2,1H3,(H,13,14). The SMILES string of the molecule is CCOCC(O)CN1CC(CC(=O)O)C1. The number of aliphatic hydroxyl groups excluding tert-OH is 1. The normalized spacial score (nSPS) is 19.9. The van der Waals surface area contributed by atoms with Gasteiger partial charge in [0.25, 0.3) is 0 Å². The monoisotopic (exact) mass is 217 g/mol. The summed E-state index contributed by atoms with van der Waals surface area (Å²) in [7, 11) is 0. The highest BCUT2D eigenvalue weighted by atomic mass is 16.5. The van der Waals surface area contributed by atoms with Crippen molar-refractivity contribution in [3.63, 3.8) is 0 Å². The van der Waals surface area contributed by atoms with Gasteiger partial charge in [0.15, 0.2) is 0 Å². The Morgan fingerprint density at radius 1 is 1.60 bits per heavy atom. The molecule has 0 aliphatic carbocycles. The molecule has 1 fully saturated rings. The van der Waals surface area contributed by atoms with Gasteiger partial charge in [-0.15, -0.1) is 0 Å². The highest BCUT2D eigenvalue weighted by Gasteiger charge is 2.29. The molecule has 0 amide bonds. The van der Waals surface area contributed by atoms with E-state index in [1.807, 2.05) is 6.92 Å². The van der Waals surface area contributed by atoms with Gasteiger partial charge in [-0.25, -0.2) is 0 Å². The molecule has 0 aromatic carbocycles. The van der Waals surface area contributed by atoms with Crippen molar-refractivity contribution in [1.82, 2.24) is 4.90 Å². The van der Waals surface area contributed by atoms with E-state index in [1.165, 1.54) is 0 Å². The van der Waals surface area contributed by atoms with Crippen LogP contribution in [0, 0.1) is 5.92 Å². The van der Waals surface area contributed by atoms with Crippen molar-refractivity contribution in [3.05, 3.63) is 0 Å². The van der Waals surface area contributed by atoms with Gasteiger partial charge in [0.1, 0.15) is 0 Å². The first-order valence-electron chi connectivity index (χ1n) is 5.31. The van der Waals surface area contributed by atoms with Crippen LogP contribution in [0.2, 0.25) is 0 Å². The van der Waals surface area contributed by atoms with Crippen LogP contribution in [0.5, 0.6) is 0 Å². The number of hydrogen-bond acceptors (Lipinski definition) is 4. The van der Waals surface area contributed by atoms with Gasteiger partial charge in [0, 0.05) is 26.2 Å². The van der Waals surface area contributed by atoms with E-state index in [4.69, 9.17) is 9.84 Å². The van der Waals surface area contributed by atoms with Gasteiger partial charge < -0.3 is 14.9 Å². The lowest BCUT2D eigenvalue weighted by Gasteiger charge is -2.39. The first-order valence-corrected chi connectivity index (χ1v) is 5.31. The second-order valence-corrected chi connectivity index (χ2v) is 4.00. The third kappa shape index (κ3) is 4.59. The van der Waals surface area contributed by atoms with Crippen molar-refractivity contribution >= 4 is 5.97 Å². The van der Waals surface area contributed by atoms with Crippen LogP contribution in [0.25, 0.3) is 0 Å². The molecule has 0 aromatic rings. The predicted molar refractivity (Wildman–Crippen MR) is 54.7 cm³/mol. The molecule has 1 saturated heterocycles. The Labute approximate surface area is 89.6 Å². The fourth-order valence-corrected chi connectivity index (χ4v) is 1.81. The molecule has 5 heteroatoms. The molecule has 2 N–H and O–H groups in total. The topological polar surface area (TPSA) is 70.0 Å². The van der Waals surface area contributed by atoms with Crippen LogP contribution >= 0.6 is 0 Å². The number of rotatable bonds is 7. The van der Waals surface area contributed by atoms with Crippen molar-refractivity contribution in [2.45, 2.75) is 19.4 Å². The molecule has 15 heavy (non-hydrogen) atoms. The van der Waals surface area contributed by atoms with Gasteiger partial charge in [-0.1, -0.05) is 0 Å². The quantitative estimate of drug-likeness (QED) is 0.617. The smallest absolute Gasteiger partial charge is 0.303 e. The van der Waals surface area contributed by atoms with E-state index < -0.39 is 12.1 Å². The van der Waals surface area contributed by atoms with Crippen molar-refractivity contribution in [2.24, 2.45) is 5.92 Å². The second kappa shape index (κ2) is 6.05. The zero-order valence-electron chi connectivity index (χ0n) is 9.06. The molecule has 1 unspecified atom stereocenters. The van der Waals surface area contributed by atoms with Crippen LogP contribution in [0.15, 0.2) is 0 Å². The number of likely N-dealkylation sites (tertiary alicyclic amines) is 1. The number of carboxylic acid groups (broad SMARTS) is 1. The second-order valence-electron chi connectivity index (χ2n) is 4.00. The van der Waals surface area contributed by atoms with Crippen LogP contribution in [-0.2, 0) is 9.53 Å². The molecule has 1 heterocycles. The Morgan fingerprint density at radius 3 is 2.80 bits per heavy atom. The van der Waals surface area contributed by atoms with Crippen LogP contribution < -0.4 is 0 Å². The van der Waals surface area contributed by atoms with Gasteiger partial charge in [0.05, 0.1) is 19.1 Å². The fraction of sp³-hybridized carbons (Fsp3) is 0.900. The van der Waals surface area contributed by atoms with Crippen molar-refractivity contribution < 1.29 is 19.7 Å². The van der Waals surface area contributed by atoms with E-state index >= 15 is 0 Å². The van der Waals surface area contributed by atoms with Crippen molar-refractivity contribution in [2.75, 3.05) is 32.8 Å². The molecule has 0 bridgehead atoms. The molecular weight excluding hydrogens is 198 g/mol. The lowest BCUT2D eigenvalue weighted by Crippen LogP contribution is -2.50. The van der Waals surface area contributed by atoms with Gasteiger partial charge in [-0.3, -0.25) is 9.69 Å². The Morgan fingerprint density at radius 2 is 2.27 bits per heavy atom. The van der Waals surface area contributed by atoms with Crippen molar-refractivity contribution in [1.29, 1.82) is 0 Å². The minimum atomic E-state index is -0.741. The molecular formula is C10H19NO4. The number of carboxylic acids is 1. The summed E-state index contributed by atoms with van der Waals surface area (Å²) in [6, 6.07) is 0. The number of nitrogens with zero attached hydrogens (tertiary/aromatic N) is 1. The summed E-state index contributed by atoms with van der Waals surface area (Å²) < 4.78 is 5.09. The van der Waals surface area contributed by atoms with E-state index in [2.05, 4.69) is 4.90 Å². The minimum Gasteiger partial charge on any atom is -0.481 e. The van der Waals surface area contributed by atoms with Gasteiger partial charge >= 0.3 is 5.97 Å². The van der Waals surface area contributed by atoms with Crippen LogP contribution in [0.4, 0.5) is 0 Å². The summed E-state index contributed by atoms with van der Waals surface area (Å²) in [5, 5.41) is 18.0. The Balaban J connectivity index is 2.04. The molecule has 5 nitrogen and oxygen atoms in total. The summed E-state index contributed by atoms with van der Waals surface area (Å²) in [5.74, 6) is -0.490. The maximum Gasteiger partial charge on any atom is 0.303 e. The molecule has 0 saturated carbocycles. The van der Waals surface area contributed by atoms with E-state index in [-0.39, 0.29) is 12.3 Å². The zero-order chi connectivity index (χ0) is 11.3. The molecule has 0 radical (unpaired) electrons. The highest BCUT2D eigenvalue weighted by Crippen LogP contribution is 2.18. The third-order valence-electron chi connectivity index (χ3n) is 2.48. The molecule has 1 aliphatic rings. The lowest BCUT2D eigenvalue weighted by atomic mass is 9.96. The molecule has 1 aliphatic heterocycles.